The van der Waals surface area contributed by atoms with E-state index in [0.717, 1.165) is 0 Å². The Bertz CT molecular complexity index is 1210. The number of Topliss-reactive ketones (excluding diaryl/α,β-unsaturated/α-hetero) is 1. The van der Waals surface area contributed by atoms with E-state index < -0.39 is 17.8 Å². The number of nitrogens with zero attached hydrogens (tertiary/aromatic N) is 4. The predicted octanol–water partition coefficient (Wildman–Crippen LogP) is 3.31. The smallest absolute Gasteiger partial charge is 0.355 e. The number of ether oxygens (including phenoxy) is 2. The molecule has 0 bridgehead atoms. The Hall–Kier alpha value is -3.43. The van der Waals surface area contributed by atoms with Crippen molar-refractivity contribution in [2.75, 3.05) is 19.5 Å². The number of carbonyl (C=O) groups excluding carboxylic acids is 2. The third kappa shape index (κ3) is 3.73. The van der Waals surface area contributed by atoms with E-state index in [1.165, 1.54) is 23.9 Å². The van der Waals surface area contributed by atoms with Gasteiger partial charge in [-0.2, -0.15) is 4.68 Å². The van der Waals surface area contributed by atoms with Gasteiger partial charge in [0, 0.05) is 10.6 Å². The Kier molecular flexibility index (Phi) is 5.62. The summed E-state index contributed by atoms with van der Waals surface area (Å²) < 4.78 is 11.5. The number of hydrogen-bond donors (Lipinski definition) is 1. The molecule has 1 aliphatic heterocycles. The minimum atomic E-state index is -0.828. The van der Waals surface area contributed by atoms with Gasteiger partial charge in [-0.15, -0.1) is 0 Å². The number of esters is 1. The van der Waals surface area contributed by atoms with Gasteiger partial charge < -0.3 is 14.8 Å². The van der Waals surface area contributed by atoms with E-state index in [-0.39, 0.29) is 27.8 Å². The van der Waals surface area contributed by atoms with Crippen LogP contribution in [0.25, 0.3) is 0 Å². The average molecular weight is 460 g/mol. The molecule has 0 fully saturated rings. The number of anilines is 1. The quantitative estimate of drug-likeness (QED) is 0.457. The highest BCUT2D eigenvalue weighted by Gasteiger charge is 2.39. The topological polar surface area (TPSA) is 108 Å². The molecule has 4 rings (SSSR count). The van der Waals surface area contributed by atoms with Crippen LogP contribution in [0.4, 0.5) is 5.95 Å². The SMILES string of the molecule is COC(=O)C1=C(C(=O)c2ccc(Cl)cc2Cl)[C@@H](c2ccc(OC)cc2)n2nnnc2N1. The number of methoxy groups -OCH3 is 2. The lowest BCUT2D eigenvalue weighted by molar-refractivity contribution is -0.136. The Labute approximate surface area is 186 Å². The Balaban J connectivity index is 1.95. The van der Waals surface area contributed by atoms with Crippen molar-refractivity contribution in [2.24, 2.45) is 0 Å². The molecule has 0 saturated carbocycles. The fourth-order valence-corrected chi connectivity index (χ4v) is 3.80. The van der Waals surface area contributed by atoms with Crippen molar-refractivity contribution in [3.8, 4) is 5.75 Å². The number of aromatic nitrogens is 4. The first-order chi connectivity index (χ1) is 14.9. The van der Waals surface area contributed by atoms with Crippen LogP contribution in [0.3, 0.4) is 0 Å². The van der Waals surface area contributed by atoms with E-state index in [1.807, 2.05) is 0 Å². The molecule has 0 unspecified atom stereocenters. The second-order valence-corrected chi connectivity index (χ2v) is 7.32. The first-order valence-corrected chi connectivity index (χ1v) is 9.71. The zero-order valence-corrected chi connectivity index (χ0v) is 17.8. The normalized spacial score (nSPS) is 15.2. The minimum absolute atomic E-state index is 0.0704. The van der Waals surface area contributed by atoms with Crippen molar-refractivity contribution in [1.29, 1.82) is 0 Å². The molecule has 1 atom stereocenters. The summed E-state index contributed by atoms with van der Waals surface area (Å²) in [4.78, 5) is 26.3. The summed E-state index contributed by atoms with van der Waals surface area (Å²) in [6, 6.07) is 10.6. The van der Waals surface area contributed by atoms with Gasteiger partial charge in [0.1, 0.15) is 17.5 Å². The van der Waals surface area contributed by atoms with E-state index in [1.54, 1.807) is 37.4 Å². The number of fused-ring (bicyclic) bond motifs is 1. The summed E-state index contributed by atoms with van der Waals surface area (Å²) in [6.07, 6.45) is 0. The highest BCUT2D eigenvalue weighted by Crippen LogP contribution is 2.38. The number of tetrazole rings is 1. The van der Waals surface area contributed by atoms with Crippen LogP contribution in [0, 0.1) is 0 Å². The first-order valence-electron chi connectivity index (χ1n) is 8.95. The molecular formula is C20H15Cl2N5O4. The van der Waals surface area contributed by atoms with Crippen molar-refractivity contribution in [3.63, 3.8) is 0 Å². The van der Waals surface area contributed by atoms with Gasteiger partial charge in [0.2, 0.25) is 5.95 Å². The summed E-state index contributed by atoms with van der Waals surface area (Å²) in [5, 5.41) is 14.9. The molecule has 2 aromatic carbocycles. The molecule has 1 N–H and O–H groups in total. The summed E-state index contributed by atoms with van der Waals surface area (Å²) in [5.74, 6) is -0.446. The molecule has 0 radical (unpaired) electrons. The number of ketones is 1. The second-order valence-electron chi connectivity index (χ2n) is 6.48. The number of benzene rings is 2. The highest BCUT2D eigenvalue weighted by molar-refractivity contribution is 6.37. The number of allylic oxidation sites excluding steroid dienone is 1. The molecular weight excluding hydrogens is 445 g/mol. The lowest BCUT2D eigenvalue weighted by Gasteiger charge is -2.28. The second kappa shape index (κ2) is 8.37. The summed E-state index contributed by atoms with van der Waals surface area (Å²) in [7, 11) is 2.76. The van der Waals surface area contributed by atoms with Crippen LogP contribution in [-0.4, -0.2) is 46.2 Å². The van der Waals surface area contributed by atoms with Gasteiger partial charge in [0.15, 0.2) is 5.78 Å². The minimum Gasteiger partial charge on any atom is -0.497 e. The van der Waals surface area contributed by atoms with Gasteiger partial charge in [-0.3, -0.25) is 4.79 Å². The highest BCUT2D eigenvalue weighted by atomic mass is 35.5. The van der Waals surface area contributed by atoms with Crippen LogP contribution in [0.2, 0.25) is 10.0 Å². The zero-order valence-electron chi connectivity index (χ0n) is 16.3. The van der Waals surface area contributed by atoms with Gasteiger partial charge in [-0.1, -0.05) is 40.4 Å². The molecule has 0 aliphatic carbocycles. The molecule has 1 aliphatic rings. The maximum Gasteiger partial charge on any atom is 0.355 e. The van der Waals surface area contributed by atoms with Crippen molar-refractivity contribution >= 4 is 40.9 Å². The van der Waals surface area contributed by atoms with E-state index in [4.69, 9.17) is 32.7 Å². The van der Waals surface area contributed by atoms with Crippen molar-refractivity contribution in [1.82, 2.24) is 20.2 Å². The van der Waals surface area contributed by atoms with Crippen LogP contribution in [-0.2, 0) is 9.53 Å². The van der Waals surface area contributed by atoms with E-state index >= 15 is 0 Å². The van der Waals surface area contributed by atoms with Gasteiger partial charge in [-0.05, 0) is 46.3 Å². The monoisotopic (exact) mass is 459 g/mol. The van der Waals surface area contributed by atoms with Crippen LogP contribution >= 0.6 is 23.2 Å². The molecule has 31 heavy (non-hydrogen) atoms. The molecule has 3 aromatic rings. The summed E-state index contributed by atoms with van der Waals surface area (Å²) in [5.41, 5.74) is 0.799. The molecule has 0 spiro atoms. The van der Waals surface area contributed by atoms with Crippen molar-refractivity contribution in [3.05, 3.63) is 74.9 Å². The van der Waals surface area contributed by atoms with Gasteiger partial charge in [0.05, 0.1) is 24.8 Å². The fourth-order valence-electron chi connectivity index (χ4n) is 3.30. The molecule has 158 valence electrons. The van der Waals surface area contributed by atoms with Crippen LogP contribution in [0.15, 0.2) is 53.7 Å². The number of halogens is 2. The fraction of sp³-hybridized carbons (Fsp3) is 0.150. The van der Waals surface area contributed by atoms with E-state index in [0.29, 0.717) is 16.3 Å². The number of hydrogen-bond acceptors (Lipinski definition) is 8. The lowest BCUT2D eigenvalue weighted by Crippen LogP contribution is -2.33. The van der Waals surface area contributed by atoms with Gasteiger partial charge in [-0.25, -0.2) is 4.79 Å². The summed E-state index contributed by atoms with van der Waals surface area (Å²) in [6.45, 7) is 0. The van der Waals surface area contributed by atoms with Crippen LogP contribution < -0.4 is 10.1 Å². The largest absolute Gasteiger partial charge is 0.497 e. The predicted molar refractivity (Wildman–Crippen MR) is 112 cm³/mol. The van der Waals surface area contributed by atoms with Gasteiger partial charge in [0.25, 0.3) is 0 Å². The maximum atomic E-state index is 13.7. The standard InChI is InChI=1S/C20H15Cl2N5O4/c1-30-12-6-3-10(4-7-12)17-15(18(28)13-8-5-11(21)9-14(13)22)16(19(29)31-2)23-20-24-25-26-27(17)20/h3-9,17H,1-2H3,(H,23,24,26)/t17-/m1/s1. The molecule has 11 heteroatoms. The first kappa shape index (κ1) is 20.8. The lowest BCUT2D eigenvalue weighted by atomic mass is 9.89. The summed E-state index contributed by atoms with van der Waals surface area (Å²) >= 11 is 12.3. The van der Waals surface area contributed by atoms with E-state index in [2.05, 4.69) is 20.8 Å². The van der Waals surface area contributed by atoms with Crippen LogP contribution in [0.1, 0.15) is 22.0 Å². The average Bonchev–Trinajstić information content (AvgIpc) is 3.25. The third-order valence-electron chi connectivity index (χ3n) is 4.76. The Morgan fingerprint density at radius 3 is 2.48 bits per heavy atom. The molecule has 1 aromatic heterocycles. The number of rotatable bonds is 5. The molecule has 0 saturated heterocycles. The Morgan fingerprint density at radius 2 is 1.84 bits per heavy atom. The zero-order chi connectivity index (χ0) is 22.1. The molecule has 2 heterocycles. The van der Waals surface area contributed by atoms with E-state index in [9.17, 15) is 9.59 Å². The van der Waals surface area contributed by atoms with Crippen LogP contribution in [0.5, 0.6) is 5.75 Å². The van der Waals surface area contributed by atoms with Crippen molar-refractivity contribution < 1.29 is 19.1 Å². The maximum absolute atomic E-state index is 13.7. The molecule has 9 nitrogen and oxygen atoms in total. The van der Waals surface area contributed by atoms with Crippen molar-refractivity contribution in [2.45, 2.75) is 6.04 Å². The number of nitrogens with one attached hydrogen (secondary N) is 1. The third-order valence-corrected chi connectivity index (χ3v) is 5.31. The van der Waals surface area contributed by atoms with Gasteiger partial charge >= 0.3 is 5.97 Å². The Morgan fingerprint density at radius 1 is 1.10 bits per heavy atom. The molecule has 0 amide bonds. The number of carbonyl (C=O) groups is 2.